The quantitative estimate of drug-likeness (QED) is 0.643. The number of urea groups is 1. The molecule has 2 N–H and O–H groups in total. The zero-order valence-corrected chi connectivity index (χ0v) is 15.1. The van der Waals surface area contributed by atoms with Crippen molar-refractivity contribution in [3.63, 3.8) is 0 Å². The molecule has 2 heterocycles. The summed E-state index contributed by atoms with van der Waals surface area (Å²) in [6.45, 7) is 2.14. The maximum absolute atomic E-state index is 12.0. The smallest absolute Gasteiger partial charge is 0.321 e. The number of rotatable bonds is 4. The van der Waals surface area contributed by atoms with Crippen LogP contribution in [0.4, 0.5) is 4.79 Å². The minimum atomic E-state index is -0.400. The van der Waals surface area contributed by atoms with E-state index in [1.54, 1.807) is 11.3 Å². The third-order valence-electron chi connectivity index (χ3n) is 4.23. The molecule has 0 aliphatic heterocycles. The van der Waals surface area contributed by atoms with Gasteiger partial charge in [0.1, 0.15) is 11.4 Å². The first-order valence-electron chi connectivity index (χ1n) is 8.05. The fraction of sp³-hybridized carbons (Fsp3) is 0.500. The van der Waals surface area contributed by atoms with Crippen LogP contribution in [0.25, 0.3) is 10.2 Å². The zero-order chi connectivity index (χ0) is 16.9. The van der Waals surface area contributed by atoms with Crippen LogP contribution in [0.15, 0.2) is 22.8 Å². The molecular formula is C16H20N4O2S2. The Morgan fingerprint density at radius 1 is 1.33 bits per heavy atom. The molecule has 1 aliphatic rings. The minimum Gasteiger partial charge on any atom is -0.335 e. The maximum Gasteiger partial charge on any atom is 0.321 e. The van der Waals surface area contributed by atoms with Gasteiger partial charge >= 0.3 is 6.03 Å². The summed E-state index contributed by atoms with van der Waals surface area (Å²) in [6.07, 6.45) is 5.94. The number of nitrogens with zero attached hydrogens (tertiary/aromatic N) is 2. The van der Waals surface area contributed by atoms with Crippen molar-refractivity contribution < 1.29 is 9.59 Å². The van der Waals surface area contributed by atoms with Gasteiger partial charge in [0.05, 0.1) is 16.0 Å². The fourth-order valence-corrected chi connectivity index (χ4v) is 4.65. The molecule has 1 saturated carbocycles. The molecule has 0 aromatic carbocycles. The topological polar surface area (TPSA) is 84.0 Å². The normalized spacial score (nSPS) is 20.7. The molecule has 128 valence electrons. The number of thioether (sulfide) groups is 1. The summed E-state index contributed by atoms with van der Waals surface area (Å²) < 4.78 is 0.968. The van der Waals surface area contributed by atoms with Crippen LogP contribution in [0.1, 0.15) is 32.6 Å². The molecule has 0 saturated heterocycles. The molecule has 8 heteroatoms. The second kappa shape index (κ2) is 7.94. The molecule has 0 unspecified atom stereocenters. The van der Waals surface area contributed by atoms with Crippen LogP contribution in [0, 0.1) is 5.92 Å². The molecular weight excluding hydrogens is 344 g/mol. The number of imide groups is 1. The molecule has 3 rings (SSSR count). The van der Waals surface area contributed by atoms with E-state index in [9.17, 15) is 9.59 Å². The van der Waals surface area contributed by atoms with Crippen LogP contribution >= 0.6 is 23.1 Å². The van der Waals surface area contributed by atoms with Crippen LogP contribution in [-0.2, 0) is 4.79 Å². The summed E-state index contributed by atoms with van der Waals surface area (Å²) in [5, 5.41) is 8.05. The molecule has 2 aromatic rings. The third kappa shape index (κ3) is 4.24. The van der Waals surface area contributed by atoms with Gasteiger partial charge in [-0.3, -0.25) is 10.1 Å². The first-order chi connectivity index (χ1) is 11.6. The number of thiophene rings is 1. The predicted molar refractivity (Wildman–Crippen MR) is 96.2 cm³/mol. The number of hydrogen-bond acceptors (Lipinski definition) is 6. The molecule has 2 atom stereocenters. The number of aromatic nitrogens is 2. The van der Waals surface area contributed by atoms with E-state index in [0.717, 1.165) is 34.5 Å². The number of amides is 3. The van der Waals surface area contributed by atoms with Gasteiger partial charge in [-0.15, -0.1) is 11.3 Å². The van der Waals surface area contributed by atoms with Gasteiger partial charge < -0.3 is 5.32 Å². The highest BCUT2D eigenvalue weighted by Gasteiger charge is 2.23. The van der Waals surface area contributed by atoms with Crippen molar-refractivity contribution in [2.45, 2.75) is 43.7 Å². The molecule has 3 amide bonds. The number of carbonyl (C=O) groups excluding carboxylic acids is 2. The molecule has 24 heavy (non-hydrogen) atoms. The molecule has 1 fully saturated rings. The van der Waals surface area contributed by atoms with Crippen LogP contribution < -0.4 is 10.6 Å². The average molecular weight is 364 g/mol. The average Bonchev–Trinajstić information content (AvgIpc) is 3.04. The molecule has 2 aromatic heterocycles. The van der Waals surface area contributed by atoms with Crippen molar-refractivity contribution in [1.82, 2.24) is 20.6 Å². The Bertz CT molecular complexity index is 734. The van der Waals surface area contributed by atoms with Crippen molar-refractivity contribution in [1.29, 1.82) is 0 Å². The van der Waals surface area contributed by atoms with E-state index in [2.05, 4.69) is 27.5 Å². The lowest BCUT2D eigenvalue weighted by Gasteiger charge is -2.29. The van der Waals surface area contributed by atoms with Crippen molar-refractivity contribution >= 4 is 45.3 Å². The summed E-state index contributed by atoms with van der Waals surface area (Å²) in [6, 6.07) is 1.68. The van der Waals surface area contributed by atoms with E-state index in [4.69, 9.17) is 0 Å². The van der Waals surface area contributed by atoms with Crippen molar-refractivity contribution in [2.24, 2.45) is 5.92 Å². The molecule has 1 aliphatic carbocycles. The Hall–Kier alpha value is -1.67. The van der Waals surface area contributed by atoms with Gasteiger partial charge in [-0.25, -0.2) is 14.8 Å². The van der Waals surface area contributed by atoms with Gasteiger partial charge in [0, 0.05) is 6.04 Å². The van der Waals surface area contributed by atoms with Gasteiger partial charge in [0.25, 0.3) is 0 Å². The highest BCUT2D eigenvalue weighted by atomic mass is 32.2. The minimum absolute atomic E-state index is 0.150. The zero-order valence-electron chi connectivity index (χ0n) is 13.4. The lowest BCUT2D eigenvalue weighted by atomic mass is 9.86. The fourth-order valence-electron chi connectivity index (χ4n) is 2.90. The Balaban J connectivity index is 1.48. The predicted octanol–water partition coefficient (Wildman–Crippen LogP) is 3.19. The molecule has 6 nitrogen and oxygen atoms in total. The highest BCUT2D eigenvalue weighted by molar-refractivity contribution is 8.00. The second-order valence-electron chi connectivity index (χ2n) is 5.99. The van der Waals surface area contributed by atoms with Gasteiger partial charge in [0.2, 0.25) is 5.91 Å². The highest BCUT2D eigenvalue weighted by Crippen LogP contribution is 2.28. The summed E-state index contributed by atoms with van der Waals surface area (Å²) in [5.41, 5.74) is 0.877. The van der Waals surface area contributed by atoms with Crippen molar-refractivity contribution in [2.75, 3.05) is 5.75 Å². The number of hydrogen-bond donors (Lipinski definition) is 2. The molecule has 0 bridgehead atoms. The van der Waals surface area contributed by atoms with Crippen LogP contribution in [-0.4, -0.2) is 33.7 Å². The van der Waals surface area contributed by atoms with E-state index in [0.29, 0.717) is 5.92 Å². The molecule has 0 radical (unpaired) electrons. The van der Waals surface area contributed by atoms with Crippen LogP contribution in [0.5, 0.6) is 0 Å². The van der Waals surface area contributed by atoms with E-state index < -0.39 is 6.03 Å². The van der Waals surface area contributed by atoms with E-state index in [-0.39, 0.29) is 17.7 Å². The Labute approximate surface area is 148 Å². The van der Waals surface area contributed by atoms with Gasteiger partial charge in [-0.05, 0) is 30.2 Å². The standard InChI is InChI=1S/C16H20N4O2S2/c1-10-4-2-3-5-11(10)19-16(22)20-13(21)8-24-15-14-12(6-7-23-14)17-9-18-15/h6-7,9-11H,2-5,8H2,1H3,(H2,19,20,21,22)/t10-,11-/m0/s1. The Morgan fingerprint density at radius 2 is 2.17 bits per heavy atom. The lowest BCUT2D eigenvalue weighted by molar-refractivity contribution is -0.117. The number of carbonyl (C=O) groups is 2. The number of nitrogens with one attached hydrogen (secondary N) is 2. The largest absolute Gasteiger partial charge is 0.335 e. The van der Waals surface area contributed by atoms with Gasteiger partial charge in [-0.1, -0.05) is 31.5 Å². The lowest BCUT2D eigenvalue weighted by Crippen LogP contribution is -2.48. The summed E-state index contributed by atoms with van der Waals surface area (Å²) >= 11 is 2.86. The van der Waals surface area contributed by atoms with Gasteiger partial charge in [-0.2, -0.15) is 0 Å². The summed E-state index contributed by atoms with van der Waals surface area (Å²) in [5.74, 6) is 0.295. The van der Waals surface area contributed by atoms with Gasteiger partial charge in [0.15, 0.2) is 0 Å². The van der Waals surface area contributed by atoms with Crippen molar-refractivity contribution in [3.8, 4) is 0 Å². The third-order valence-corrected chi connectivity index (χ3v) is 6.26. The Morgan fingerprint density at radius 3 is 3.00 bits per heavy atom. The van der Waals surface area contributed by atoms with Crippen molar-refractivity contribution in [3.05, 3.63) is 17.8 Å². The van der Waals surface area contributed by atoms with E-state index in [1.807, 2.05) is 11.4 Å². The van der Waals surface area contributed by atoms with Crippen LogP contribution in [0.3, 0.4) is 0 Å². The summed E-state index contributed by atoms with van der Waals surface area (Å²) in [4.78, 5) is 32.4. The first kappa shape index (κ1) is 17.2. The SMILES string of the molecule is C[C@H]1CCCC[C@@H]1NC(=O)NC(=O)CSc1ncnc2ccsc12. The maximum atomic E-state index is 12.0. The van der Waals surface area contributed by atoms with E-state index in [1.165, 1.54) is 24.5 Å². The monoisotopic (exact) mass is 364 g/mol. The molecule has 0 spiro atoms. The number of fused-ring (bicyclic) bond motifs is 1. The first-order valence-corrected chi connectivity index (χ1v) is 9.91. The van der Waals surface area contributed by atoms with E-state index >= 15 is 0 Å². The van der Waals surface area contributed by atoms with Crippen LogP contribution in [0.2, 0.25) is 0 Å². The second-order valence-corrected chi connectivity index (χ2v) is 7.87. The summed E-state index contributed by atoms with van der Waals surface area (Å²) in [7, 11) is 0. The Kier molecular flexibility index (Phi) is 5.68.